The first kappa shape index (κ1) is 17.8. The van der Waals surface area contributed by atoms with E-state index in [4.69, 9.17) is 4.74 Å². The summed E-state index contributed by atoms with van der Waals surface area (Å²) in [5.74, 6) is 0.559. The molecule has 1 aromatic carbocycles. The van der Waals surface area contributed by atoms with Gasteiger partial charge < -0.3 is 17.7 Å². The Morgan fingerprint density at radius 2 is 1.90 bits per heavy atom. The van der Waals surface area contributed by atoms with E-state index < -0.39 is 18.3 Å². The molecule has 7 heteroatoms. The third kappa shape index (κ3) is 4.05. The molecule has 0 saturated heterocycles. The Balaban J connectivity index is 0.00000161. The maximum atomic E-state index is 13.1. The van der Waals surface area contributed by atoms with Gasteiger partial charge in [-0.15, -0.1) is 0 Å². The minimum absolute atomic E-state index is 0. The van der Waals surface area contributed by atoms with Crippen molar-refractivity contribution in [1.29, 1.82) is 0 Å². The van der Waals surface area contributed by atoms with Crippen LogP contribution in [0.2, 0.25) is 0 Å². The second kappa shape index (κ2) is 6.91. The molecule has 2 aliphatic carbocycles. The van der Waals surface area contributed by atoms with Crippen molar-refractivity contribution in [2.75, 3.05) is 6.61 Å². The summed E-state index contributed by atoms with van der Waals surface area (Å²) in [6.07, 6.45) is 4.59. The maximum absolute atomic E-state index is 13.1. The molecule has 0 N–H and O–H groups in total. The van der Waals surface area contributed by atoms with Gasteiger partial charge in [0.15, 0.2) is 0 Å². The van der Waals surface area contributed by atoms with E-state index in [0.29, 0.717) is 17.8 Å². The minimum atomic E-state index is -5.18. The zero-order valence-corrected chi connectivity index (χ0v) is 15.1. The Hall–Kier alpha value is 0.441. The normalized spacial score (nSPS) is 27.5. The molecule has 0 heterocycles. The van der Waals surface area contributed by atoms with E-state index in [0.717, 1.165) is 31.0 Å². The van der Waals surface area contributed by atoms with Crippen molar-refractivity contribution < 1.29 is 73.5 Å². The number of hydrogen-bond acceptors (Lipinski definition) is 1. The summed E-state index contributed by atoms with van der Waals surface area (Å²) >= 11 is 0. The van der Waals surface area contributed by atoms with Crippen molar-refractivity contribution in [3.05, 3.63) is 24.0 Å². The van der Waals surface area contributed by atoms with Crippen LogP contribution in [0, 0.1) is 23.6 Å². The van der Waals surface area contributed by atoms with Gasteiger partial charge in [0, 0.05) is 6.07 Å². The van der Waals surface area contributed by atoms with Crippen LogP contribution in [0.25, 0.3) is 0 Å². The predicted molar refractivity (Wildman–Crippen MR) is 69.5 cm³/mol. The van der Waals surface area contributed by atoms with E-state index in [9.17, 15) is 17.3 Å². The third-order valence-corrected chi connectivity index (χ3v) is 4.67. The first-order valence-electron chi connectivity index (χ1n) is 7.05. The van der Waals surface area contributed by atoms with E-state index in [1.165, 1.54) is 12.8 Å². The summed E-state index contributed by atoms with van der Waals surface area (Å²) in [4.78, 5) is 0. The van der Waals surface area contributed by atoms with E-state index in [-0.39, 0.29) is 63.7 Å². The van der Waals surface area contributed by atoms with Crippen LogP contribution in [-0.4, -0.2) is 13.6 Å². The van der Waals surface area contributed by atoms with Crippen molar-refractivity contribution in [3.8, 4) is 5.75 Å². The predicted octanol–water partition coefficient (Wildman–Crippen LogP) is 0.699. The standard InChI is InChI=1S/C14H16BF4O.K/c16-12-3-4-13(15(17,18)19)14(7-12)20-8-11-6-9-1-2-10(11)5-9;/h3-4,7,9-11H,1-2,5-6,8H2;/q-1;+1. The van der Waals surface area contributed by atoms with Gasteiger partial charge in [-0.25, -0.2) is 4.39 Å². The molecule has 3 atom stereocenters. The van der Waals surface area contributed by atoms with Gasteiger partial charge in [0.25, 0.3) is 0 Å². The average Bonchev–Trinajstić information content (AvgIpc) is 2.97. The first-order valence-corrected chi connectivity index (χ1v) is 7.05. The number of benzene rings is 1. The van der Waals surface area contributed by atoms with Crippen LogP contribution in [-0.2, 0) is 0 Å². The van der Waals surface area contributed by atoms with Gasteiger partial charge in [-0.05, 0) is 43.1 Å². The van der Waals surface area contributed by atoms with Crippen LogP contribution >= 0.6 is 0 Å². The molecule has 110 valence electrons. The van der Waals surface area contributed by atoms with E-state index in [1.807, 2.05) is 0 Å². The molecular formula is C14H16BF4KO. The van der Waals surface area contributed by atoms with Gasteiger partial charge >= 0.3 is 58.4 Å². The molecule has 1 nitrogen and oxygen atoms in total. The monoisotopic (exact) mass is 326 g/mol. The smallest absolute Gasteiger partial charge is 0.496 e. The summed E-state index contributed by atoms with van der Waals surface area (Å²) in [6.45, 7) is -4.91. The largest absolute Gasteiger partial charge is 1.00 e. The van der Waals surface area contributed by atoms with Gasteiger partial charge in [0.05, 0.1) is 12.4 Å². The zero-order chi connectivity index (χ0) is 14.3. The van der Waals surface area contributed by atoms with Crippen LogP contribution in [0.1, 0.15) is 25.7 Å². The molecule has 3 rings (SSSR count). The quantitative estimate of drug-likeness (QED) is 0.585. The molecule has 21 heavy (non-hydrogen) atoms. The van der Waals surface area contributed by atoms with Crippen molar-refractivity contribution in [2.24, 2.45) is 17.8 Å². The molecule has 0 amide bonds. The Kier molecular flexibility index (Phi) is 5.85. The van der Waals surface area contributed by atoms with E-state index in [2.05, 4.69) is 0 Å². The van der Waals surface area contributed by atoms with Crippen molar-refractivity contribution in [1.82, 2.24) is 0 Å². The maximum Gasteiger partial charge on any atom is 1.00 e. The summed E-state index contributed by atoms with van der Waals surface area (Å²) in [6, 6.07) is 2.44. The van der Waals surface area contributed by atoms with Crippen molar-refractivity contribution >= 4 is 12.4 Å². The number of hydrogen-bond donors (Lipinski definition) is 0. The van der Waals surface area contributed by atoms with Crippen molar-refractivity contribution in [3.63, 3.8) is 0 Å². The molecule has 2 saturated carbocycles. The first-order chi connectivity index (χ1) is 9.43. The summed E-state index contributed by atoms with van der Waals surface area (Å²) in [5, 5.41) is 0. The second-order valence-electron chi connectivity index (χ2n) is 6.00. The number of rotatable bonds is 4. The Labute approximate surface area is 164 Å². The minimum Gasteiger partial charge on any atom is -0.496 e. The van der Waals surface area contributed by atoms with Crippen LogP contribution in [0.5, 0.6) is 5.75 Å². The third-order valence-electron chi connectivity index (χ3n) is 4.67. The molecule has 0 spiro atoms. The Morgan fingerprint density at radius 3 is 2.48 bits per heavy atom. The summed E-state index contributed by atoms with van der Waals surface area (Å²) in [5.41, 5.74) is -0.838. The fourth-order valence-electron chi connectivity index (χ4n) is 3.68. The molecule has 3 unspecified atom stereocenters. The fraction of sp³-hybridized carbons (Fsp3) is 0.571. The molecule has 0 aromatic heterocycles. The summed E-state index contributed by atoms with van der Waals surface area (Å²) < 4.78 is 57.2. The molecule has 0 aliphatic heterocycles. The Bertz CT molecular complexity index is 508. The van der Waals surface area contributed by atoms with Crippen LogP contribution in [0.4, 0.5) is 17.3 Å². The average molecular weight is 326 g/mol. The SMILES string of the molecule is Fc1ccc([B-](F)(F)F)c(OCC2CC3CCC2C3)c1.[K+]. The zero-order valence-electron chi connectivity index (χ0n) is 12.0. The van der Waals surface area contributed by atoms with Gasteiger partial charge in [-0.2, -0.15) is 0 Å². The van der Waals surface area contributed by atoms with E-state index >= 15 is 0 Å². The van der Waals surface area contributed by atoms with Crippen LogP contribution in [0.3, 0.4) is 0 Å². The van der Waals surface area contributed by atoms with Crippen molar-refractivity contribution in [2.45, 2.75) is 25.7 Å². The van der Waals surface area contributed by atoms with Crippen LogP contribution in [0.15, 0.2) is 18.2 Å². The molecule has 2 fully saturated rings. The summed E-state index contributed by atoms with van der Waals surface area (Å²) in [7, 11) is 0. The Morgan fingerprint density at radius 1 is 1.14 bits per heavy atom. The molecule has 0 radical (unpaired) electrons. The molecule has 2 bridgehead atoms. The van der Waals surface area contributed by atoms with Gasteiger partial charge in [0.1, 0.15) is 5.82 Å². The topological polar surface area (TPSA) is 9.23 Å². The van der Waals surface area contributed by atoms with Crippen LogP contribution < -0.4 is 61.6 Å². The molecular weight excluding hydrogens is 310 g/mol. The van der Waals surface area contributed by atoms with Gasteiger partial charge in [-0.1, -0.05) is 17.9 Å². The number of halogens is 4. The molecule has 2 aliphatic rings. The number of ether oxygens (including phenoxy) is 1. The van der Waals surface area contributed by atoms with Gasteiger partial charge in [0.2, 0.25) is 0 Å². The second-order valence-corrected chi connectivity index (χ2v) is 6.00. The number of fused-ring (bicyclic) bond motifs is 2. The van der Waals surface area contributed by atoms with Gasteiger partial charge in [-0.3, -0.25) is 0 Å². The van der Waals surface area contributed by atoms with E-state index in [1.54, 1.807) is 0 Å². The fourth-order valence-corrected chi connectivity index (χ4v) is 3.68. The molecule has 1 aromatic rings.